The Bertz CT molecular complexity index is 398. The van der Waals surface area contributed by atoms with E-state index in [1.165, 1.54) is 0 Å². The number of aliphatic hydroxyl groups is 1. The molecule has 2 fully saturated rings. The quantitative estimate of drug-likeness (QED) is 0.789. The summed E-state index contributed by atoms with van der Waals surface area (Å²) >= 11 is 0. The fourth-order valence-electron chi connectivity index (χ4n) is 2.77. The number of aliphatic hydroxyl groups excluding tert-OH is 1. The first kappa shape index (κ1) is 13.8. The molecule has 0 aromatic heterocycles. The second kappa shape index (κ2) is 5.57. The first-order chi connectivity index (χ1) is 8.50. The molecule has 1 unspecified atom stereocenters. The Labute approximate surface area is 108 Å². The van der Waals surface area contributed by atoms with Crippen LogP contribution in [0.2, 0.25) is 0 Å². The summed E-state index contributed by atoms with van der Waals surface area (Å²) in [5.41, 5.74) is 0. The predicted molar refractivity (Wildman–Crippen MR) is 67.8 cm³/mol. The molecule has 0 aromatic rings. The van der Waals surface area contributed by atoms with Crippen LogP contribution in [-0.4, -0.2) is 55.5 Å². The molecule has 2 aliphatic heterocycles. The van der Waals surface area contributed by atoms with Gasteiger partial charge in [-0.1, -0.05) is 0 Å². The molecule has 0 saturated carbocycles. The molecule has 1 amide bonds. The summed E-state index contributed by atoms with van der Waals surface area (Å²) in [4.78, 5) is 13.8. The summed E-state index contributed by atoms with van der Waals surface area (Å²) in [6.45, 7) is 1.59. The summed E-state index contributed by atoms with van der Waals surface area (Å²) < 4.78 is 22.7. The first-order valence-corrected chi connectivity index (χ1v) is 8.41. The normalized spacial score (nSPS) is 28.5. The average molecular weight is 275 g/mol. The SMILES string of the molecule is O=C(CC1CCS(=O)(=O)C1)N1CCC(CO)CC1. The largest absolute Gasteiger partial charge is 0.396 e. The van der Waals surface area contributed by atoms with Crippen molar-refractivity contribution >= 4 is 15.7 Å². The van der Waals surface area contributed by atoms with Crippen molar-refractivity contribution in [2.75, 3.05) is 31.2 Å². The molecule has 0 spiro atoms. The molecule has 0 aromatic carbocycles. The van der Waals surface area contributed by atoms with Gasteiger partial charge < -0.3 is 10.0 Å². The lowest BCUT2D eigenvalue weighted by molar-refractivity contribution is -0.133. The van der Waals surface area contributed by atoms with E-state index in [1.54, 1.807) is 0 Å². The molecule has 0 bridgehead atoms. The molecular weight excluding hydrogens is 254 g/mol. The van der Waals surface area contributed by atoms with Crippen molar-refractivity contribution in [1.29, 1.82) is 0 Å². The standard InChI is InChI=1S/C12H21NO4S/c14-8-10-1-4-13(5-2-10)12(15)7-11-3-6-18(16,17)9-11/h10-11,14H,1-9H2. The first-order valence-electron chi connectivity index (χ1n) is 6.59. The Morgan fingerprint density at radius 2 is 1.83 bits per heavy atom. The zero-order chi connectivity index (χ0) is 13.2. The lowest BCUT2D eigenvalue weighted by Gasteiger charge is -2.31. The maximum atomic E-state index is 12.0. The smallest absolute Gasteiger partial charge is 0.222 e. The minimum Gasteiger partial charge on any atom is -0.396 e. The van der Waals surface area contributed by atoms with Gasteiger partial charge in [0.05, 0.1) is 11.5 Å². The number of rotatable bonds is 3. The molecule has 0 aliphatic carbocycles. The molecule has 2 heterocycles. The lowest BCUT2D eigenvalue weighted by Crippen LogP contribution is -2.40. The summed E-state index contributed by atoms with van der Waals surface area (Å²) in [5, 5.41) is 9.03. The highest BCUT2D eigenvalue weighted by molar-refractivity contribution is 7.91. The van der Waals surface area contributed by atoms with E-state index in [1.807, 2.05) is 4.90 Å². The van der Waals surface area contributed by atoms with E-state index < -0.39 is 9.84 Å². The van der Waals surface area contributed by atoms with Crippen LogP contribution in [0.4, 0.5) is 0 Å². The summed E-state index contributed by atoms with van der Waals surface area (Å²) in [7, 11) is -2.89. The van der Waals surface area contributed by atoms with Gasteiger partial charge >= 0.3 is 0 Å². The predicted octanol–water partition coefficient (Wildman–Crippen LogP) is 0.0421. The zero-order valence-corrected chi connectivity index (χ0v) is 11.4. The van der Waals surface area contributed by atoms with Gasteiger partial charge in [0.2, 0.25) is 5.91 Å². The van der Waals surface area contributed by atoms with Crippen LogP contribution in [0, 0.1) is 11.8 Å². The van der Waals surface area contributed by atoms with Gasteiger partial charge in [-0.3, -0.25) is 4.79 Å². The van der Waals surface area contributed by atoms with Gasteiger partial charge in [-0.2, -0.15) is 0 Å². The molecule has 1 N–H and O–H groups in total. The van der Waals surface area contributed by atoms with Crippen LogP contribution in [0.1, 0.15) is 25.7 Å². The van der Waals surface area contributed by atoms with Gasteiger partial charge in [0, 0.05) is 26.1 Å². The van der Waals surface area contributed by atoms with E-state index in [4.69, 9.17) is 5.11 Å². The number of piperidine rings is 1. The number of hydrogen-bond acceptors (Lipinski definition) is 4. The van der Waals surface area contributed by atoms with E-state index in [0.717, 1.165) is 12.8 Å². The number of carbonyl (C=O) groups is 1. The maximum absolute atomic E-state index is 12.0. The van der Waals surface area contributed by atoms with E-state index >= 15 is 0 Å². The van der Waals surface area contributed by atoms with Crippen LogP contribution in [-0.2, 0) is 14.6 Å². The molecule has 2 saturated heterocycles. The van der Waals surface area contributed by atoms with Crippen molar-refractivity contribution in [3.8, 4) is 0 Å². The van der Waals surface area contributed by atoms with Crippen LogP contribution >= 0.6 is 0 Å². The molecule has 0 radical (unpaired) electrons. The number of hydrogen-bond donors (Lipinski definition) is 1. The third-order valence-corrected chi connectivity index (χ3v) is 5.85. The van der Waals surface area contributed by atoms with E-state index in [2.05, 4.69) is 0 Å². The molecule has 5 nitrogen and oxygen atoms in total. The van der Waals surface area contributed by atoms with E-state index in [0.29, 0.717) is 31.8 Å². The van der Waals surface area contributed by atoms with Crippen molar-refractivity contribution in [1.82, 2.24) is 4.90 Å². The Balaban J connectivity index is 1.79. The van der Waals surface area contributed by atoms with Gasteiger partial charge in [0.25, 0.3) is 0 Å². The highest BCUT2D eigenvalue weighted by Crippen LogP contribution is 2.24. The van der Waals surface area contributed by atoms with Crippen molar-refractivity contribution in [3.63, 3.8) is 0 Å². The van der Waals surface area contributed by atoms with Crippen LogP contribution in [0.3, 0.4) is 0 Å². The molecule has 2 aliphatic rings. The lowest BCUT2D eigenvalue weighted by atomic mass is 9.96. The molecule has 6 heteroatoms. The van der Waals surface area contributed by atoms with Crippen LogP contribution in [0.15, 0.2) is 0 Å². The van der Waals surface area contributed by atoms with Gasteiger partial charge in [-0.25, -0.2) is 8.42 Å². The number of amides is 1. The molecule has 1 atom stereocenters. The molecule has 104 valence electrons. The van der Waals surface area contributed by atoms with E-state index in [-0.39, 0.29) is 29.9 Å². The van der Waals surface area contributed by atoms with Crippen molar-refractivity contribution in [2.24, 2.45) is 11.8 Å². The monoisotopic (exact) mass is 275 g/mol. The Morgan fingerprint density at radius 1 is 1.17 bits per heavy atom. The highest BCUT2D eigenvalue weighted by atomic mass is 32.2. The van der Waals surface area contributed by atoms with E-state index in [9.17, 15) is 13.2 Å². The molecule has 2 rings (SSSR count). The van der Waals surface area contributed by atoms with Crippen LogP contribution in [0.5, 0.6) is 0 Å². The van der Waals surface area contributed by atoms with Crippen LogP contribution < -0.4 is 0 Å². The third kappa shape index (κ3) is 3.45. The Morgan fingerprint density at radius 3 is 2.33 bits per heavy atom. The van der Waals surface area contributed by atoms with Gasteiger partial charge in [-0.15, -0.1) is 0 Å². The fraction of sp³-hybridized carbons (Fsp3) is 0.917. The Kier molecular flexibility index (Phi) is 4.27. The fourth-order valence-corrected chi connectivity index (χ4v) is 4.64. The van der Waals surface area contributed by atoms with Crippen LogP contribution in [0.25, 0.3) is 0 Å². The number of likely N-dealkylation sites (tertiary alicyclic amines) is 1. The molecular formula is C12H21NO4S. The average Bonchev–Trinajstić information content (AvgIpc) is 2.68. The second-order valence-corrected chi connectivity index (χ2v) is 7.71. The second-order valence-electron chi connectivity index (χ2n) is 5.48. The van der Waals surface area contributed by atoms with Crippen molar-refractivity contribution < 1.29 is 18.3 Å². The highest BCUT2D eigenvalue weighted by Gasteiger charge is 2.31. The minimum atomic E-state index is -2.89. The summed E-state index contributed by atoms with van der Waals surface area (Å²) in [6.07, 6.45) is 2.70. The number of sulfone groups is 1. The Hall–Kier alpha value is -0.620. The van der Waals surface area contributed by atoms with Gasteiger partial charge in [0.1, 0.15) is 0 Å². The topological polar surface area (TPSA) is 74.7 Å². The zero-order valence-electron chi connectivity index (χ0n) is 10.5. The summed E-state index contributed by atoms with van der Waals surface area (Å²) in [6, 6.07) is 0. The van der Waals surface area contributed by atoms with Gasteiger partial charge in [0.15, 0.2) is 9.84 Å². The summed E-state index contributed by atoms with van der Waals surface area (Å²) in [5.74, 6) is 0.816. The van der Waals surface area contributed by atoms with Crippen molar-refractivity contribution in [3.05, 3.63) is 0 Å². The number of carbonyl (C=O) groups excluding carboxylic acids is 1. The maximum Gasteiger partial charge on any atom is 0.222 e. The third-order valence-electron chi connectivity index (χ3n) is 4.02. The van der Waals surface area contributed by atoms with Crippen molar-refractivity contribution in [2.45, 2.75) is 25.7 Å². The number of nitrogens with zero attached hydrogens (tertiary/aromatic N) is 1. The minimum absolute atomic E-state index is 0.0121. The molecule has 18 heavy (non-hydrogen) atoms. The van der Waals surface area contributed by atoms with Gasteiger partial charge in [-0.05, 0) is 31.1 Å².